The quantitative estimate of drug-likeness (QED) is 0.588. The van der Waals surface area contributed by atoms with Crippen molar-refractivity contribution in [1.82, 2.24) is 10.3 Å². The van der Waals surface area contributed by atoms with Crippen molar-refractivity contribution in [2.24, 2.45) is 5.84 Å². The number of rotatable bonds is 4. The van der Waals surface area contributed by atoms with Crippen LogP contribution in [0.3, 0.4) is 0 Å². The summed E-state index contributed by atoms with van der Waals surface area (Å²) in [5.41, 5.74) is 3.93. The Labute approximate surface area is 126 Å². The van der Waals surface area contributed by atoms with Gasteiger partial charge in [-0.3, -0.25) is 4.79 Å². The molecule has 0 atom stereocenters. The molecular formula is C16H26N4O. The van der Waals surface area contributed by atoms with Gasteiger partial charge in [0.25, 0.3) is 5.91 Å². The van der Waals surface area contributed by atoms with E-state index in [-0.39, 0.29) is 17.4 Å². The van der Waals surface area contributed by atoms with E-state index in [1.54, 1.807) is 6.07 Å². The minimum absolute atomic E-state index is 0.0415. The zero-order valence-corrected chi connectivity index (χ0v) is 13.2. The first-order chi connectivity index (χ1) is 9.93. The third-order valence-corrected chi connectivity index (χ3v) is 4.22. The van der Waals surface area contributed by atoms with Crippen LogP contribution in [-0.2, 0) is 0 Å². The summed E-state index contributed by atoms with van der Waals surface area (Å²) in [6, 6.07) is 3.56. The summed E-state index contributed by atoms with van der Waals surface area (Å²) in [7, 11) is 0. The molecule has 4 N–H and O–H groups in total. The number of hydrogen-bond donors (Lipinski definition) is 3. The second kappa shape index (κ2) is 6.43. The molecule has 1 aromatic rings. The smallest absolute Gasteiger partial charge is 0.251 e. The normalized spacial score (nSPS) is 17.6. The van der Waals surface area contributed by atoms with Crippen molar-refractivity contribution in [3.8, 4) is 0 Å². The number of hydrogen-bond acceptors (Lipinski definition) is 4. The number of aromatic nitrogens is 1. The van der Waals surface area contributed by atoms with E-state index < -0.39 is 0 Å². The highest BCUT2D eigenvalue weighted by atomic mass is 16.1. The van der Waals surface area contributed by atoms with Gasteiger partial charge in [-0.2, -0.15) is 0 Å². The minimum atomic E-state index is -0.0904. The van der Waals surface area contributed by atoms with Crippen molar-refractivity contribution in [1.29, 1.82) is 0 Å². The molecule has 1 amide bonds. The first-order valence-corrected chi connectivity index (χ1v) is 7.75. The Hall–Kier alpha value is -1.62. The Morgan fingerprint density at radius 1 is 1.29 bits per heavy atom. The lowest BCUT2D eigenvalue weighted by Crippen LogP contribution is -2.47. The molecule has 0 radical (unpaired) electrons. The van der Waals surface area contributed by atoms with Crippen LogP contribution < -0.4 is 16.6 Å². The molecule has 5 nitrogen and oxygen atoms in total. The van der Waals surface area contributed by atoms with E-state index in [9.17, 15) is 4.79 Å². The zero-order valence-electron chi connectivity index (χ0n) is 13.2. The molecule has 1 heterocycles. The van der Waals surface area contributed by atoms with Gasteiger partial charge in [0.1, 0.15) is 5.82 Å². The molecule has 0 aliphatic heterocycles. The molecule has 1 saturated carbocycles. The lowest BCUT2D eigenvalue weighted by atomic mass is 9.83. The van der Waals surface area contributed by atoms with E-state index in [2.05, 4.69) is 22.7 Å². The molecule has 1 aromatic heterocycles. The van der Waals surface area contributed by atoms with Crippen molar-refractivity contribution >= 4 is 11.7 Å². The molecule has 0 unspecified atom stereocenters. The number of nitrogens with two attached hydrogens (primary N) is 1. The third kappa shape index (κ3) is 3.94. The van der Waals surface area contributed by atoms with Crippen molar-refractivity contribution in [2.45, 2.75) is 64.3 Å². The summed E-state index contributed by atoms with van der Waals surface area (Å²) in [4.78, 5) is 16.9. The van der Waals surface area contributed by atoms with Crippen LogP contribution in [-0.4, -0.2) is 16.4 Å². The van der Waals surface area contributed by atoms with E-state index in [4.69, 9.17) is 5.84 Å². The Morgan fingerprint density at radius 2 is 1.95 bits per heavy atom. The van der Waals surface area contributed by atoms with E-state index in [0.29, 0.717) is 11.4 Å². The number of amides is 1. The van der Waals surface area contributed by atoms with Crippen molar-refractivity contribution in [2.75, 3.05) is 5.43 Å². The van der Waals surface area contributed by atoms with Gasteiger partial charge in [0, 0.05) is 16.8 Å². The molecule has 0 bridgehead atoms. The number of hydrazine groups is 1. The van der Waals surface area contributed by atoms with Crippen LogP contribution in [0.15, 0.2) is 12.1 Å². The number of anilines is 1. The second-order valence-electron chi connectivity index (χ2n) is 6.54. The minimum Gasteiger partial charge on any atom is -0.347 e. The van der Waals surface area contributed by atoms with E-state index in [1.807, 2.05) is 19.9 Å². The molecule has 0 spiro atoms. The van der Waals surface area contributed by atoms with Gasteiger partial charge in [-0.05, 0) is 37.8 Å². The fraction of sp³-hybridized carbons (Fsp3) is 0.625. The summed E-state index contributed by atoms with van der Waals surface area (Å²) < 4.78 is 0. The van der Waals surface area contributed by atoms with Gasteiger partial charge in [0.2, 0.25) is 0 Å². The number of nitrogens with one attached hydrogen (secondary N) is 2. The van der Waals surface area contributed by atoms with Crippen LogP contribution in [0, 0.1) is 0 Å². The van der Waals surface area contributed by atoms with Gasteiger partial charge in [-0.25, -0.2) is 10.8 Å². The van der Waals surface area contributed by atoms with Crippen LogP contribution in [0.4, 0.5) is 5.82 Å². The molecule has 2 rings (SSSR count). The third-order valence-electron chi connectivity index (χ3n) is 4.22. The van der Waals surface area contributed by atoms with Gasteiger partial charge in [-0.1, -0.05) is 33.1 Å². The average Bonchev–Trinajstić information content (AvgIpc) is 2.46. The van der Waals surface area contributed by atoms with Crippen molar-refractivity contribution < 1.29 is 4.79 Å². The monoisotopic (exact) mass is 290 g/mol. The summed E-state index contributed by atoms with van der Waals surface area (Å²) in [6.45, 7) is 6.23. The van der Waals surface area contributed by atoms with Crippen LogP contribution in [0.1, 0.15) is 74.8 Å². The number of nitrogens with zero attached hydrogens (tertiary/aromatic N) is 1. The predicted octanol–water partition coefficient (Wildman–Crippen LogP) is 2.94. The van der Waals surface area contributed by atoms with E-state index in [0.717, 1.165) is 18.5 Å². The molecule has 21 heavy (non-hydrogen) atoms. The Balaban J connectivity index is 2.20. The van der Waals surface area contributed by atoms with Crippen LogP contribution in [0.25, 0.3) is 0 Å². The maximum atomic E-state index is 12.6. The number of carbonyl (C=O) groups excluding carboxylic acids is 1. The maximum absolute atomic E-state index is 12.6. The summed E-state index contributed by atoms with van der Waals surface area (Å²) >= 11 is 0. The molecule has 0 saturated heterocycles. The zero-order chi connectivity index (χ0) is 15.5. The van der Waals surface area contributed by atoms with Gasteiger partial charge in [0.15, 0.2) is 0 Å². The van der Waals surface area contributed by atoms with Gasteiger partial charge < -0.3 is 10.7 Å². The molecule has 116 valence electrons. The van der Waals surface area contributed by atoms with Crippen molar-refractivity contribution in [3.63, 3.8) is 0 Å². The van der Waals surface area contributed by atoms with Crippen molar-refractivity contribution in [3.05, 3.63) is 23.4 Å². The Morgan fingerprint density at radius 3 is 2.52 bits per heavy atom. The van der Waals surface area contributed by atoms with Gasteiger partial charge in [0.05, 0.1) is 0 Å². The largest absolute Gasteiger partial charge is 0.347 e. The lowest BCUT2D eigenvalue weighted by Gasteiger charge is -2.34. The first kappa shape index (κ1) is 15.8. The number of carbonyl (C=O) groups is 1. The highest BCUT2D eigenvalue weighted by molar-refractivity contribution is 5.95. The molecule has 5 heteroatoms. The Kier molecular flexibility index (Phi) is 4.83. The molecule has 1 fully saturated rings. The SMILES string of the molecule is CC(C)c1cc(C(=O)NC2(C)CCCCC2)cc(NN)n1. The average molecular weight is 290 g/mol. The fourth-order valence-corrected chi connectivity index (χ4v) is 2.86. The Bertz CT molecular complexity index is 507. The van der Waals surface area contributed by atoms with Gasteiger partial charge in [-0.15, -0.1) is 0 Å². The molecule has 0 aromatic carbocycles. The standard InChI is InChI=1S/C16H26N4O/c1-11(2)13-9-12(10-14(18-13)20-17)15(21)19-16(3)7-5-4-6-8-16/h9-11H,4-8,17H2,1-3H3,(H,18,20)(H,19,21). The van der Waals surface area contributed by atoms with Crippen LogP contribution in [0.5, 0.6) is 0 Å². The van der Waals surface area contributed by atoms with E-state index in [1.165, 1.54) is 19.3 Å². The topological polar surface area (TPSA) is 80.0 Å². The summed E-state index contributed by atoms with van der Waals surface area (Å²) in [5, 5.41) is 3.19. The molecule has 1 aliphatic rings. The first-order valence-electron chi connectivity index (χ1n) is 7.75. The molecule has 1 aliphatic carbocycles. The fourth-order valence-electron chi connectivity index (χ4n) is 2.86. The lowest BCUT2D eigenvalue weighted by molar-refractivity contribution is 0.0882. The van der Waals surface area contributed by atoms with Crippen LogP contribution >= 0.6 is 0 Å². The van der Waals surface area contributed by atoms with E-state index >= 15 is 0 Å². The number of nitrogen functional groups attached to an aromatic ring is 1. The second-order valence-corrected chi connectivity index (χ2v) is 6.54. The maximum Gasteiger partial charge on any atom is 0.251 e. The number of pyridine rings is 1. The molecular weight excluding hydrogens is 264 g/mol. The van der Waals surface area contributed by atoms with Crippen LogP contribution in [0.2, 0.25) is 0 Å². The highest BCUT2D eigenvalue weighted by Gasteiger charge is 2.29. The highest BCUT2D eigenvalue weighted by Crippen LogP contribution is 2.28. The summed E-state index contributed by atoms with van der Waals surface area (Å²) in [6.07, 6.45) is 5.71. The summed E-state index contributed by atoms with van der Waals surface area (Å²) in [5.74, 6) is 6.19. The predicted molar refractivity (Wildman–Crippen MR) is 85.1 cm³/mol. The van der Waals surface area contributed by atoms with Gasteiger partial charge >= 0.3 is 0 Å².